The Morgan fingerprint density at radius 3 is 2.84 bits per heavy atom. The van der Waals surface area contributed by atoms with Gasteiger partial charge in [0.1, 0.15) is 0 Å². The number of nitrogens with zero attached hydrogens (tertiary/aromatic N) is 2. The zero-order valence-corrected chi connectivity index (χ0v) is 11.3. The lowest BCUT2D eigenvalue weighted by Crippen LogP contribution is -2.22. The summed E-state index contributed by atoms with van der Waals surface area (Å²) in [6, 6.07) is 7.07. The van der Waals surface area contributed by atoms with Crippen LogP contribution in [0.25, 0.3) is 11.4 Å². The Kier molecular flexibility index (Phi) is 3.57. The van der Waals surface area contributed by atoms with Gasteiger partial charge in [0, 0.05) is 10.6 Å². The predicted octanol–water partition coefficient (Wildman–Crippen LogP) is 3.14. The highest BCUT2D eigenvalue weighted by Gasteiger charge is 2.30. The number of carboxylic acid groups (broad SMARTS) is 1. The van der Waals surface area contributed by atoms with Crippen LogP contribution in [0.2, 0.25) is 5.02 Å². The van der Waals surface area contributed by atoms with E-state index in [9.17, 15) is 4.79 Å². The first-order valence-corrected chi connectivity index (χ1v) is 6.08. The molecule has 2 aromatic rings. The molecule has 6 heteroatoms. The Hall–Kier alpha value is -1.88. The van der Waals surface area contributed by atoms with Crippen LogP contribution in [-0.2, 0) is 10.2 Å². The molecular formula is C13H13ClN2O3. The van der Waals surface area contributed by atoms with Crippen LogP contribution in [0.1, 0.15) is 26.2 Å². The van der Waals surface area contributed by atoms with Crippen molar-refractivity contribution in [1.82, 2.24) is 10.1 Å². The van der Waals surface area contributed by atoms with E-state index in [0.29, 0.717) is 16.7 Å². The molecule has 5 nitrogen and oxygen atoms in total. The molecule has 100 valence electrons. The number of aliphatic carboxylic acids is 1. The summed E-state index contributed by atoms with van der Waals surface area (Å²) in [6.07, 6.45) is -0.0792. The fraction of sp³-hybridized carbons (Fsp3) is 0.308. The van der Waals surface area contributed by atoms with Crippen molar-refractivity contribution in [2.24, 2.45) is 0 Å². The lowest BCUT2D eigenvalue weighted by atomic mass is 9.89. The van der Waals surface area contributed by atoms with Crippen LogP contribution in [0.4, 0.5) is 0 Å². The maximum Gasteiger partial charge on any atom is 0.304 e. The van der Waals surface area contributed by atoms with Crippen LogP contribution < -0.4 is 0 Å². The van der Waals surface area contributed by atoms with Crippen LogP contribution in [0.5, 0.6) is 0 Å². The molecule has 1 aromatic heterocycles. The minimum Gasteiger partial charge on any atom is -0.481 e. The Labute approximate surface area is 115 Å². The molecular weight excluding hydrogens is 268 g/mol. The standard InChI is InChI=1S/C13H13ClN2O3/c1-13(2,7-10(17)18)12-15-11(16-19-12)8-4-3-5-9(14)6-8/h3-6H,7H2,1-2H3,(H,17,18). The Morgan fingerprint density at radius 2 is 2.21 bits per heavy atom. The minimum absolute atomic E-state index is 0.0792. The summed E-state index contributed by atoms with van der Waals surface area (Å²) in [7, 11) is 0. The lowest BCUT2D eigenvalue weighted by Gasteiger charge is -2.16. The number of carbonyl (C=O) groups is 1. The Bertz CT molecular complexity index is 607. The molecule has 0 fully saturated rings. The Morgan fingerprint density at radius 1 is 1.47 bits per heavy atom. The monoisotopic (exact) mass is 280 g/mol. The second kappa shape index (κ2) is 5.01. The van der Waals surface area contributed by atoms with Gasteiger partial charge >= 0.3 is 5.97 Å². The molecule has 0 amide bonds. The highest BCUT2D eigenvalue weighted by atomic mass is 35.5. The first kappa shape index (κ1) is 13.5. The van der Waals surface area contributed by atoms with Gasteiger partial charge in [-0.1, -0.05) is 42.7 Å². The molecule has 0 spiro atoms. The largest absolute Gasteiger partial charge is 0.481 e. The molecule has 2 rings (SSSR count). The summed E-state index contributed by atoms with van der Waals surface area (Å²) in [4.78, 5) is 15.0. The molecule has 1 aromatic carbocycles. The van der Waals surface area contributed by atoms with Crippen molar-refractivity contribution in [3.8, 4) is 11.4 Å². The normalized spacial score (nSPS) is 11.5. The molecule has 19 heavy (non-hydrogen) atoms. The average Bonchev–Trinajstić information content (AvgIpc) is 2.77. The fourth-order valence-corrected chi connectivity index (χ4v) is 1.89. The fourth-order valence-electron chi connectivity index (χ4n) is 1.70. The van der Waals surface area contributed by atoms with E-state index in [1.54, 1.807) is 32.0 Å². The number of carboxylic acids is 1. The van der Waals surface area contributed by atoms with Gasteiger partial charge in [0.15, 0.2) is 0 Å². The van der Waals surface area contributed by atoms with Crippen molar-refractivity contribution in [2.45, 2.75) is 25.7 Å². The third kappa shape index (κ3) is 3.12. The molecule has 1 heterocycles. The second-order valence-corrected chi connectivity index (χ2v) is 5.32. The predicted molar refractivity (Wildman–Crippen MR) is 70.0 cm³/mol. The summed E-state index contributed by atoms with van der Waals surface area (Å²) in [5.74, 6) is -0.214. The molecule has 0 bridgehead atoms. The van der Waals surface area contributed by atoms with E-state index >= 15 is 0 Å². The van der Waals surface area contributed by atoms with Crippen LogP contribution in [0.3, 0.4) is 0 Å². The summed E-state index contributed by atoms with van der Waals surface area (Å²) in [5.41, 5.74) is 0.0176. The van der Waals surface area contributed by atoms with Gasteiger partial charge in [0.05, 0.1) is 11.8 Å². The van der Waals surface area contributed by atoms with E-state index in [2.05, 4.69) is 10.1 Å². The Balaban J connectivity index is 2.31. The first-order chi connectivity index (χ1) is 8.88. The van der Waals surface area contributed by atoms with E-state index in [4.69, 9.17) is 21.2 Å². The van der Waals surface area contributed by atoms with Crippen molar-refractivity contribution in [3.05, 3.63) is 35.2 Å². The lowest BCUT2D eigenvalue weighted by molar-refractivity contribution is -0.138. The second-order valence-electron chi connectivity index (χ2n) is 4.89. The van der Waals surface area contributed by atoms with Gasteiger partial charge in [-0.15, -0.1) is 0 Å². The third-order valence-electron chi connectivity index (χ3n) is 2.68. The van der Waals surface area contributed by atoms with Gasteiger partial charge in [-0.3, -0.25) is 4.79 Å². The molecule has 0 atom stereocenters. The summed E-state index contributed by atoms with van der Waals surface area (Å²) in [5, 5.41) is 13.3. The van der Waals surface area contributed by atoms with E-state index in [0.717, 1.165) is 5.56 Å². The number of benzene rings is 1. The maximum absolute atomic E-state index is 10.8. The molecule has 0 saturated carbocycles. The van der Waals surface area contributed by atoms with Crippen LogP contribution in [0.15, 0.2) is 28.8 Å². The number of hydrogen-bond acceptors (Lipinski definition) is 4. The highest BCUT2D eigenvalue weighted by Crippen LogP contribution is 2.28. The summed E-state index contributed by atoms with van der Waals surface area (Å²) < 4.78 is 5.16. The molecule has 0 radical (unpaired) electrons. The van der Waals surface area contributed by atoms with Gasteiger partial charge in [0.2, 0.25) is 11.7 Å². The first-order valence-electron chi connectivity index (χ1n) is 5.70. The summed E-state index contributed by atoms with van der Waals surface area (Å²) in [6.45, 7) is 3.49. The molecule has 1 N–H and O–H groups in total. The quantitative estimate of drug-likeness (QED) is 0.931. The van der Waals surface area contributed by atoms with Crippen LogP contribution in [-0.4, -0.2) is 21.2 Å². The van der Waals surface area contributed by atoms with Crippen molar-refractivity contribution in [2.75, 3.05) is 0 Å². The average molecular weight is 281 g/mol. The zero-order valence-electron chi connectivity index (χ0n) is 10.6. The van der Waals surface area contributed by atoms with Crippen LogP contribution in [0, 0.1) is 0 Å². The van der Waals surface area contributed by atoms with Gasteiger partial charge in [-0.2, -0.15) is 4.98 Å². The van der Waals surface area contributed by atoms with E-state index < -0.39 is 11.4 Å². The van der Waals surface area contributed by atoms with E-state index in [1.165, 1.54) is 0 Å². The van der Waals surface area contributed by atoms with Crippen molar-refractivity contribution >= 4 is 17.6 Å². The topological polar surface area (TPSA) is 76.2 Å². The van der Waals surface area contributed by atoms with E-state index in [1.807, 2.05) is 6.07 Å². The minimum atomic E-state index is -0.910. The molecule has 0 unspecified atom stereocenters. The van der Waals surface area contributed by atoms with Crippen molar-refractivity contribution < 1.29 is 14.4 Å². The van der Waals surface area contributed by atoms with Gasteiger partial charge in [-0.05, 0) is 12.1 Å². The van der Waals surface area contributed by atoms with Crippen LogP contribution >= 0.6 is 11.6 Å². The van der Waals surface area contributed by atoms with E-state index in [-0.39, 0.29) is 6.42 Å². The van der Waals surface area contributed by atoms with Crippen molar-refractivity contribution in [3.63, 3.8) is 0 Å². The maximum atomic E-state index is 10.8. The molecule has 0 aliphatic heterocycles. The number of halogens is 1. The molecule has 0 saturated heterocycles. The van der Waals surface area contributed by atoms with Gasteiger partial charge in [0.25, 0.3) is 0 Å². The number of rotatable bonds is 4. The number of aromatic nitrogens is 2. The van der Waals surface area contributed by atoms with Gasteiger partial charge < -0.3 is 9.63 Å². The highest BCUT2D eigenvalue weighted by molar-refractivity contribution is 6.30. The smallest absolute Gasteiger partial charge is 0.304 e. The molecule has 0 aliphatic carbocycles. The number of hydrogen-bond donors (Lipinski definition) is 1. The van der Waals surface area contributed by atoms with Crippen molar-refractivity contribution in [1.29, 1.82) is 0 Å². The SMILES string of the molecule is CC(C)(CC(=O)O)c1nc(-c2cccc(Cl)c2)no1. The third-order valence-corrected chi connectivity index (χ3v) is 2.92. The molecule has 0 aliphatic rings. The zero-order chi connectivity index (χ0) is 14.0. The summed E-state index contributed by atoms with van der Waals surface area (Å²) >= 11 is 5.90. The van der Waals surface area contributed by atoms with Gasteiger partial charge in [-0.25, -0.2) is 0 Å².